The van der Waals surface area contributed by atoms with Crippen molar-refractivity contribution in [3.05, 3.63) is 78.5 Å². The van der Waals surface area contributed by atoms with Crippen molar-refractivity contribution in [1.29, 1.82) is 0 Å². The number of amides is 1. The predicted molar refractivity (Wildman–Crippen MR) is 103 cm³/mol. The molecule has 3 nitrogen and oxygen atoms in total. The fraction of sp³-hybridized carbons (Fsp3) is 0.0455. The number of hydrogen-bond acceptors (Lipinski definition) is 1. The number of hydrogen-bond donors (Lipinski definition) is 2. The van der Waals surface area contributed by atoms with Crippen molar-refractivity contribution in [1.82, 2.24) is 4.98 Å². The van der Waals surface area contributed by atoms with Crippen molar-refractivity contribution >= 4 is 22.5 Å². The van der Waals surface area contributed by atoms with Crippen LogP contribution >= 0.6 is 0 Å². The van der Waals surface area contributed by atoms with Crippen LogP contribution in [0.15, 0.2) is 66.9 Å². The van der Waals surface area contributed by atoms with Crippen LogP contribution in [0, 0.1) is 11.6 Å². The van der Waals surface area contributed by atoms with Crippen molar-refractivity contribution in [3.63, 3.8) is 0 Å². The SMILES string of the molecule is CC(=O)Nc1cc(-c2ccccc2F)cc(-c2cccc3[nH]ccc23)c1F. The van der Waals surface area contributed by atoms with Crippen LogP contribution in [0.5, 0.6) is 0 Å². The molecule has 2 N–H and O–H groups in total. The minimum atomic E-state index is -0.556. The zero-order valence-corrected chi connectivity index (χ0v) is 14.5. The van der Waals surface area contributed by atoms with E-state index in [1.165, 1.54) is 19.1 Å². The number of rotatable bonds is 3. The van der Waals surface area contributed by atoms with E-state index in [4.69, 9.17) is 0 Å². The monoisotopic (exact) mass is 362 g/mol. The van der Waals surface area contributed by atoms with Crippen LogP contribution in [-0.4, -0.2) is 10.9 Å². The van der Waals surface area contributed by atoms with Crippen LogP contribution in [0.2, 0.25) is 0 Å². The molecule has 5 heteroatoms. The van der Waals surface area contributed by atoms with Gasteiger partial charge in [-0.1, -0.05) is 30.3 Å². The Morgan fingerprint density at radius 1 is 0.926 bits per heavy atom. The van der Waals surface area contributed by atoms with Crippen LogP contribution < -0.4 is 5.32 Å². The molecule has 1 aromatic heterocycles. The number of fused-ring (bicyclic) bond motifs is 1. The van der Waals surface area contributed by atoms with Crippen molar-refractivity contribution in [3.8, 4) is 22.3 Å². The fourth-order valence-electron chi connectivity index (χ4n) is 3.27. The molecule has 134 valence electrons. The van der Waals surface area contributed by atoms with Crippen LogP contribution in [0.3, 0.4) is 0 Å². The standard InChI is InChI=1S/C22H16F2N2O/c1-13(27)26-21-12-14(15-5-2-3-7-19(15)23)11-18(22(21)24)16-6-4-8-20-17(16)9-10-25-20/h2-12,25H,1H3,(H,26,27). The van der Waals surface area contributed by atoms with E-state index in [9.17, 15) is 9.18 Å². The third-order valence-corrected chi connectivity index (χ3v) is 4.45. The summed E-state index contributed by atoms with van der Waals surface area (Å²) in [5, 5.41) is 3.35. The number of H-pyrrole nitrogens is 1. The number of carbonyl (C=O) groups is 1. The van der Waals surface area contributed by atoms with Crippen LogP contribution in [0.25, 0.3) is 33.2 Å². The molecular weight excluding hydrogens is 346 g/mol. The highest BCUT2D eigenvalue weighted by Crippen LogP contribution is 2.37. The molecule has 27 heavy (non-hydrogen) atoms. The zero-order chi connectivity index (χ0) is 19.0. The van der Waals surface area contributed by atoms with E-state index in [1.807, 2.05) is 18.2 Å². The lowest BCUT2D eigenvalue weighted by atomic mass is 9.95. The molecule has 0 atom stereocenters. The average Bonchev–Trinajstić information content (AvgIpc) is 3.12. The van der Waals surface area contributed by atoms with Crippen molar-refractivity contribution in [2.45, 2.75) is 6.92 Å². The number of benzene rings is 3. The summed E-state index contributed by atoms with van der Waals surface area (Å²) < 4.78 is 29.6. The minimum Gasteiger partial charge on any atom is -0.361 e. The number of aromatic nitrogens is 1. The molecule has 4 aromatic rings. The molecule has 0 aliphatic heterocycles. The Balaban J connectivity index is 2.01. The van der Waals surface area contributed by atoms with Crippen molar-refractivity contribution < 1.29 is 13.6 Å². The molecule has 0 radical (unpaired) electrons. The topological polar surface area (TPSA) is 44.9 Å². The first-order valence-corrected chi connectivity index (χ1v) is 8.47. The molecule has 0 aliphatic carbocycles. The van der Waals surface area contributed by atoms with Gasteiger partial charge in [0.1, 0.15) is 5.82 Å². The predicted octanol–water partition coefficient (Wildman–Crippen LogP) is 5.74. The second-order valence-electron chi connectivity index (χ2n) is 6.29. The summed E-state index contributed by atoms with van der Waals surface area (Å²) in [5.41, 5.74) is 2.67. The maximum Gasteiger partial charge on any atom is 0.221 e. The summed E-state index contributed by atoms with van der Waals surface area (Å²) in [7, 11) is 0. The highest BCUT2D eigenvalue weighted by Gasteiger charge is 2.17. The Hall–Kier alpha value is -3.47. The van der Waals surface area contributed by atoms with Gasteiger partial charge in [0.05, 0.1) is 5.69 Å². The van der Waals surface area contributed by atoms with Crippen molar-refractivity contribution in [2.24, 2.45) is 0 Å². The van der Waals surface area contributed by atoms with E-state index in [1.54, 1.807) is 36.5 Å². The van der Waals surface area contributed by atoms with Crippen LogP contribution in [0.4, 0.5) is 14.5 Å². The van der Waals surface area contributed by atoms with E-state index in [2.05, 4.69) is 10.3 Å². The molecule has 0 saturated heterocycles. The van der Waals surface area contributed by atoms with Gasteiger partial charge in [0.2, 0.25) is 5.91 Å². The number of nitrogens with one attached hydrogen (secondary N) is 2. The first kappa shape index (κ1) is 17.0. The van der Waals surface area contributed by atoms with Crippen LogP contribution in [-0.2, 0) is 4.79 Å². The second kappa shape index (κ2) is 6.68. The summed E-state index contributed by atoms with van der Waals surface area (Å²) >= 11 is 0. The van der Waals surface area contributed by atoms with Crippen molar-refractivity contribution in [2.75, 3.05) is 5.32 Å². The Bertz CT molecular complexity index is 1160. The quantitative estimate of drug-likeness (QED) is 0.480. The molecule has 0 spiro atoms. The fourth-order valence-corrected chi connectivity index (χ4v) is 3.27. The normalized spacial score (nSPS) is 10.9. The lowest BCUT2D eigenvalue weighted by Crippen LogP contribution is -2.08. The van der Waals surface area contributed by atoms with Gasteiger partial charge in [-0.3, -0.25) is 4.79 Å². The van der Waals surface area contributed by atoms with E-state index >= 15 is 4.39 Å². The number of anilines is 1. The van der Waals surface area contributed by atoms with Gasteiger partial charge in [-0.2, -0.15) is 0 Å². The van der Waals surface area contributed by atoms with E-state index < -0.39 is 17.5 Å². The van der Waals surface area contributed by atoms with Gasteiger partial charge in [0, 0.05) is 35.2 Å². The molecule has 1 heterocycles. The number of aromatic amines is 1. The molecule has 0 bridgehead atoms. The Labute approximate surface area is 154 Å². The molecule has 0 aliphatic rings. The third-order valence-electron chi connectivity index (χ3n) is 4.45. The highest BCUT2D eigenvalue weighted by atomic mass is 19.1. The maximum absolute atomic E-state index is 15.2. The summed E-state index contributed by atoms with van der Waals surface area (Å²) in [5.74, 6) is -1.37. The lowest BCUT2D eigenvalue weighted by molar-refractivity contribution is -0.114. The molecule has 0 fully saturated rings. The number of halogens is 2. The maximum atomic E-state index is 15.2. The summed E-state index contributed by atoms with van der Waals surface area (Å²) in [6.45, 7) is 1.31. The molecule has 1 amide bonds. The molecule has 0 unspecified atom stereocenters. The van der Waals surface area contributed by atoms with Gasteiger partial charge in [0.25, 0.3) is 0 Å². The molecule has 0 saturated carbocycles. The van der Waals surface area contributed by atoms with E-state index in [-0.39, 0.29) is 5.69 Å². The largest absolute Gasteiger partial charge is 0.361 e. The smallest absolute Gasteiger partial charge is 0.221 e. The molecule has 4 rings (SSSR count). The molecular formula is C22H16F2N2O. The zero-order valence-electron chi connectivity index (χ0n) is 14.5. The van der Waals surface area contributed by atoms with E-state index in [0.717, 1.165) is 10.9 Å². The lowest BCUT2D eigenvalue weighted by Gasteiger charge is -2.14. The van der Waals surface area contributed by atoms with Crippen LogP contribution in [0.1, 0.15) is 6.92 Å². The molecule has 3 aromatic carbocycles. The van der Waals surface area contributed by atoms with Gasteiger partial charge in [-0.15, -0.1) is 0 Å². The van der Waals surface area contributed by atoms with Gasteiger partial charge in [-0.25, -0.2) is 8.78 Å². The first-order chi connectivity index (χ1) is 13.0. The Morgan fingerprint density at radius 3 is 2.48 bits per heavy atom. The van der Waals surface area contributed by atoms with Gasteiger partial charge in [0.15, 0.2) is 5.82 Å². The highest BCUT2D eigenvalue weighted by molar-refractivity contribution is 5.98. The minimum absolute atomic E-state index is 0.0193. The average molecular weight is 362 g/mol. The van der Waals surface area contributed by atoms with Gasteiger partial charge < -0.3 is 10.3 Å². The summed E-state index contributed by atoms with van der Waals surface area (Å²) in [6, 6.07) is 16.7. The first-order valence-electron chi connectivity index (χ1n) is 8.47. The summed E-state index contributed by atoms with van der Waals surface area (Å²) in [4.78, 5) is 14.6. The third kappa shape index (κ3) is 3.08. The van der Waals surface area contributed by atoms with Gasteiger partial charge in [-0.05, 0) is 41.5 Å². The Morgan fingerprint density at radius 2 is 1.70 bits per heavy atom. The Kier molecular flexibility index (Phi) is 4.20. The second-order valence-corrected chi connectivity index (χ2v) is 6.29. The summed E-state index contributed by atoms with van der Waals surface area (Å²) in [6.07, 6.45) is 1.78. The number of carbonyl (C=O) groups excluding carboxylic acids is 1. The van der Waals surface area contributed by atoms with E-state index in [0.29, 0.717) is 22.3 Å². The van der Waals surface area contributed by atoms with Gasteiger partial charge >= 0.3 is 0 Å².